The maximum absolute atomic E-state index is 14.6. The van der Waals surface area contributed by atoms with Crippen molar-refractivity contribution in [3.05, 3.63) is 65.5 Å². The van der Waals surface area contributed by atoms with Gasteiger partial charge >= 0.3 is 0 Å². The molecule has 0 spiro atoms. The minimum atomic E-state index is -0.185. The molecule has 2 aliphatic rings. The SMILES string of the molecule is CN=C(NCc1ccc(N2CCOCC2)c(F)c1)NCC1(c2ccccc2)CC1.I. The zero-order valence-corrected chi connectivity index (χ0v) is 19.7. The highest BCUT2D eigenvalue weighted by atomic mass is 127. The van der Waals surface area contributed by atoms with Crippen molar-refractivity contribution in [2.45, 2.75) is 24.8 Å². The lowest BCUT2D eigenvalue weighted by molar-refractivity contribution is 0.122. The van der Waals surface area contributed by atoms with E-state index in [0.717, 1.165) is 31.2 Å². The van der Waals surface area contributed by atoms with Crippen molar-refractivity contribution in [3.63, 3.8) is 0 Å². The third kappa shape index (κ3) is 5.43. The maximum Gasteiger partial charge on any atom is 0.191 e. The van der Waals surface area contributed by atoms with Crippen LogP contribution in [0.25, 0.3) is 0 Å². The summed E-state index contributed by atoms with van der Waals surface area (Å²) in [6, 6.07) is 16.1. The highest BCUT2D eigenvalue weighted by Crippen LogP contribution is 2.47. The van der Waals surface area contributed by atoms with Crippen LogP contribution in [0.5, 0.6) is 0 Å². The van der Waals surface area contributed by atoms with E-state index < -0.39 is 0 Å². The van der Waals surface area contributed by atoms with Gasteiger partial charge in [0.05, 0.1) is 18.9 Å². The Labute approximate surface area is 195 Å². The summed E-state index contributed by atoms with van der Waals surface area (Å²) in [6.07, 6.45) is 2.38. The average Bonchev–Trinajstić information content (AvgIpc) is 3.56. The fourth-order valence-corrected chi connectivity index (χ4v) is 3.89. The molecule has 2 fully saturated rings. The lowest BCUT2D eigenvalue weighted by Crippen LogP contribution is -2.41. The van der Waals surface area contributed by atoms with Crippen LogP contribution in [-0.2, 0) is 16.7 Å². The van der Waals surface area contributed by atoms with Crippen LogP contribution in [0.4, 0.5) is 10.1 Å². The molecule has 1 aliphatic heterocycles. The number of ether oxygens (including phenoxy) is 1. The van der Waals surface area contributed by atoms with Crippen molar-refractivity contribution < 1.29 is 9.13 Å². The normalized spacial score (nSPS) is 17.8. The van der Waals surface area contributed by atoms with E-state index in [1.54, 1.807) is 13.1 Å². The molecule has 0 amide bonds. The first-order chi connectivity index (χ1) is 14.2. The number of nitrogens with one attached hydrogen (secondary N) is 2. The summed E-state index contributed by atoms with van der Waals surface area (Å²) in [6.45, 7) is 4.13. The highest BCUT2D eigenvalue weighted by molar-refractivity contribution is 14.0. The van der Waals surface area contributed by atoms with E-state index in [1.165, 1.54) is 18.4 Å². The molecule has 1 heterocycles. The maximum atomic E-state index is 14.6. The van der Waals surface area contributed by atoms with Crippen LogP contribution in [0.15, 0.2) is 53.5 Å². The summed E-state index contributed by atoms with van der Waals surface area (Å²) >= 11 is 0. The first kappa shape index (κ1) is 22.8. The standard InChI is InChI=1S/C23H29FN4O.HI/c1-25-22(27-17-23(9-10-23)19-5-3-2-4-6-19)26-16-18-7-8-21(20(24)15-18)28-11-13-29-14-12-28;/h2-8,15H,9-14,16-17H2,1H3,(H2,25,26,27);1H. The summed E-state index contributed by atoms with van der Waals surface area (Å²) in [7, 11) is 1.76. The van der Waals surface area contributed by atoms with Crippen LogP contribution in [0.1, 0.15) is 24.0 Å². The third-order valence-corrected chi connectivity index (χ3v) is 5.88. The summed E-state index contributed by atoms with van der Waals surface area (Å²) in [5.41, 5.74) is 3.14. The molecule has 0 atom stereocenters. The zero-order valence-electron chi connectivity index (χ0n) is 17.4. The molecule has 1 saturated heterocycles. The van der Waals surface area contributed by atoms with Crippen LogP contribution in [0, 0.1) is 5.82 Å². The lowest BCUT2D eigenvalue weighted by Gasteiger charge is -2.29. The van der Waals surface area contributed by atoms with Gasteiger partial charge in [0.2, 0.25) is 0 Å². The number of guanidine groups is 1. The van der Waals surface area contributed by atoms with Crippen LogP contribution < -0.4 is 15.5 Å². The topological polar surface area (TPSA) is 48.9 Å². The van der Waals surface area contributed by atoms with Gasteiger partial charge in [0, 0.05) is 38.6 Å². The number of nitrogens with zero attached hydrogens (tertiary/aromatic N) is 2. The van der Waals surface area contributed by atoms with Gasteiger partial charge in [-0.15, -0.1) is 24.0 Å². The minimum Gasteiger partial charge on any atom is -0.378 e. The Morgan fingerprint density at radius 2 is 1.83 bits per heavy atom. The molecule has 162 valence electrons. The van der Waals surface area contributed by atoms with Gasteiger partial charge in [0.25, 0.3) is 0 Å². The van der Waals surface area contributed by atoms with Crippen molar-refractivity contribution >= 4 is 35.6 Å². The van der Waals surface area contributed by atoms with E-state index in [-0.39, 0.29) is 35.2 Å². The van der Waals surface area contributed by atoms with Crippen molar-refractivity contribution in [3.8, 4) is 0 Å². The lowest BCUT2D eigenvalue weighted by atomic mass is 9.96. The van der Waals surface area contributed by atoms with Crippen molar-refractivity contribution in [2.24, 2.45) is 4.99 Å². The van der Waals surface area contributed by atoms with Gasteiger partial charge in [-0.2, -0.15) is 0 Å². The summed E-state index contributed by atoms with van der Waals surface area (Å²) in [4.78, 5) is 6.36. The number of halogens is 2. The Bertz CT molecular complexity index is 852. The van der Waals surface area contributed by atoms with E-state index in [2.05, 4.69) is 46.0 Å². The van der Waals surface area contributed by atoms with Gasteiger partial charge in [-0.05, 0) is 36.1 Å². The fourth-order valence-electron chi connectivity index (χ4n) is 3.89. The first-order valence-electron chi connectivity index (χ1n) is 10.3. The van der Waals surface area contributed by atoms with Gasteiger partial charge in [-0.25, -0.2) is 4.39 Å². The van der Waals surface area contributed by atoms with Gasteiger partial charge in [0.1, 0.15) is 5.82 Å². The molecular formula is C23H30FIN4O. The van der Waals surface area contributed by atoms with Crippen molar-refractivity contribution in [2.75, 3.05) is 44.8 Å². The number of hydrogen-bond donors (Lipinski definition) is 2. The van der Waals surface area contributed by atoms with Gasteiger partial charge < -0.3 is 20.3 Å². The second kappa shape index (κ2) is 10.4. The highest BCUT2D eigenvalue weighted by Gasteiger charge is 2.43. The second-order valence-corrected chi connectivity index (χ2v) is 7.81. The molecule has 4 rings (SSSR count). The van der Waals surface area contributed by atoms with E-state index in [0.29, 0.717) is 25.4 Å². The molecule has 2 aromatic carbocycles. The molecule has 0 aromatic heterocycles. The molecule has 1 saturated carbocycles. The van der Waals surface area contributed by atoms with E-state index in [4.69, 9.17) is 4.74 Å². The van der Waals surface area contributed by atoms with Crippen LogP contribution in [-0.4, -0.2) is 45.9 Å². The molecule has 7 heteroatoms. The summed E-state index contributed by atoms with van der Waals surface area (Å²) in [5.74, 6) is 0.556. The predicted molar refractivity (Wildman–Crippen MR) is 130 cm³/mol. The molecular weight excluding hydrogens is 494 g/mol. The number of rotatable bonds is 6. The summed E-state index contributed by atoms with van der Waals surface area (Å²) < 4.78 is 19.9. The fraction of sp³-hybridized carbons (Fsp3) is 0.435. The summed E-state index contributed by atoms with van der Waals surface area (Å²) in [5, 5.41) is 6.74. The Morgan fingerprint density at radius 1 is 1.10 bits per heavy atom. The largest absolute Gasteiger partial charge is 0.378 e. The van der Waals surface area contributed by atoms with Crippen LogP contribution in [0.3, 0.4) is 0 Å². The third-order valence-electron chi connectivity index (χ3n) is 5.88. The smallest absolute Gasteiger partial charge is 0.191 e. The minimum absolute atomic E-state index is 0. The van der Waals surface area contributed by atoms with Crippen molar-refractivity contribution in [1.82, 2.24) is 10.6 Å². The van der Waals surface area contributed by atoms with E-state index in [1.807, 2.05) is 17.0 Å². The number of anilines is 1. The Balaban J connectivity index is 0.00000256. The Hall–Kier alpha value is -1.87. The zero-order chi connectivity index (χ0) is 20.1. The molecule has 0 unspecified atom stereocenters. The average molecular weight is 524 g/mol. The van der Waals surface area contributed by atoms with Gasteiger partial charge in [0.15, 0.2) is 5.96 Å². The molecule has 5 nitrogen and oxygen atoms in total. The molecule has 30 heavy (non-hydrogen) atoms. The molecule has 0 radical (unpaired) electrons. The Morgan fingerprint density at radius 3 is 2.47 bits per heavy atom. The molecule has 1 aliphatic carbocycles. The number of hydrogen-bond acceptors (Lipinski definition) is 3. The second-order valence-electron chi connectivity index (χ2n) is 7.81. The molecule has 2 N–H and O–H groups in total. The molecule has 2 aromatic rings. The quantitative estimate of drug-likeness (QED) is 0.344. The van der Waals surface area contributed by atoms with E-state index in [9.17, 15) is 4.39 Å². The predicted octanol–water partition coefficient (Wildman–Crippen LogP) is 3.68. The Kier molecular flexibility index (Phi) is 7.93. The molecule has 0 bridgehead atoms. The number of morpholine rings is 1. The first-order valence-corrected chi connectivity index (χ1v) is 10.3. The van der Waals surface area contributed by atoms with E-state index >= 15 is 0 Å². The number of aliphatic imine (C=N–C) groups is 1. The van der Waals surface area contributed by atoms with Crippen molar-refractivity contribution in [1.29, 1.82) is 0 Å². The number of benzene rings is 2. The van der Waals surface area contributed by atoms with Gasteiger partial charge in [-0.1, -0.05) is 36.4 Å². The van der Waals surface area contributed by atoms with Crippen LogP contribution in [0.2, 0.25) is 0 Å². The monoisotopic (exact) mass is 524 g/mol. The van der Waals surface area contributed by atoms with Crippen LogP contribution >= 0.6 is 24.0 Å². The van der Waals surface area contributed by atoms with Gasteiger partial charge in [-0.3, -0.25) is 4.99 Å².